The zero-order valence-electron chi connectivity index (χ0n) is 9.04. The quantitative estimate of drug-likeness (QED) is 0.677. The number of carbonyl (C=O) groups excluding carboxylic acids is 1. The van der Waals surface area contributed by atoms with Gasteiger partial charge in [0.25, 0.3) is 0 Å². The number of hydrogen-bond donors (Lipinski definition) is 2. The summed E-state index contributed by atoms with van der Waals surface area (Å²) >= 11 is 0. The van der Waals surface area contributed by atoms with Crippen LogP contribution in [-0.4, -0.2) is 29.4 Å². The van der Waals surface area contributed by atoms with Gasteiger partial charge in [-0.2, -0.15) is 0 Å². The Morgan fingerprint density at radius 1 is 1.64 bits per heavy atom. The SMILES string of the molecule is C=C[C@H](O)CCNC(=O)OC(C)(C)C. The predicted molar refractivity (Wildman–Crippen MR) is 55.1 cm³/mol. The summed E-state index contributed by atoms with van der Waals surface area (Å²) in [6, 6.07) is 0. The first kappa shape index (κ1) is 13.0. The van der Waals surface area contributed by atoms with Gasteiger partial charge in [0.05, 0.1) is 6.10 Å². The number of aliphatic hydroxyl groups excluding tert-OH is 1. The second kappa shape index (κ2) is 5.65. The van der Waals surface area contributed by atoms with Gasteiger partial charge in [-0.25, -0.2) is 4.79 Å². The number of nitrogens with one attached hydrogen (secondary N) is 1. The van der Waals surface area contributed by atoms with Crippen LogP contribution in [-0.2, 0) is 4.74 Å². The van der Waals surface area contributed by atoms with Crippen LogP contribution in [0, 0.1) is 0 Å². The predicted octanol–water partition coefficient (Wildman–Crippen LogP) is 1.45. The molecule has 1 amide bonds. The van der Waals surface area contributed by atoms with Crippen LogP contribution in [0.25, 0.3) is 0 Å². The number of rotatable bonds is 4. The van der Waals surface area contributed by atoms with Crippen molar-refractivity contribution >= 4 is 6.09 Å². The summed E-state index contributed by atoms with van der Waals surface area (Å²) in [7, 11) is 0. The fourth-order valence-corrected chi connectivity index (χ4v) is 0.754. The van der Waals surface area contributed by atoms with E-state index in [1.54, 1.807) is 20.8 Å². The Kier molecular flexibility index (Phi) is 5.23. The summed E-state index contributed by atoms with van der Waals surface area (Å²) < 4.78 is 5.00. The van der Waals surface area contributed by atoms with Gasteiger partial charge in [0.2, 0.25) is 0 Å². The minimum absolute atomic E-state index is 0.377. The Morgan fingerprint density at radius 2 is 2.21 bits per heavy atom. The average molecular weight is 201 g/mol. The Bertz CT molecular complexity index is 196. The van der Waals surface area contributed by atoms with E-state index in [1.165, 1.54) is 6.08 Å². The fourth-order valence-electron chi connectivity index (χ4n) is 0.754. The number of aliphatic hydroxyl groups is 1. The van der Waals surface area contributed by atoms with Gasteiger partial charge < -0.3 is 15.2 Å². The van der Waals surface area contributed by atoms with Gasteiger partial charge in [-0.1, -0.05) is 6.08 Å². The van der Waals surface area contributed by atoms with Crippen LogP contribution < -0.4 is 5.32 Å². The fraction of sp³-hybridized carbons (Fsp3) is 0.700. The van der Waals surface area contributed by atoms with E-state index in [-0.39, 0.29) is 0 Å². The molecule has 0 aliphatic carbocycles. The molecule has 0 bridgehead atoms. The highest BCUT2D eigenvalue weighted by atomic mass is 16.6. The third-order valence-electron chi connectivity index (χ3n) is 1.38. The van der Waals surface area contributed by atoms with Crippen LogP contribution in [0.15, 0.2) is 12.7 Å². The van der Waals surface area contributed by atoms with Gasteiger partial charge in [-0.3, -0.25) is 0 Å². The molecule has 0 heterocycles. The van der Waals surface area contributed by atoms with Crippen molar-refractivity contribution in [3.8, 4) is 0 Å². The molecule has 0 spiro atoms. The lowest BCUT2D eigenvalue weighted by molar-refractivity contribution is 0.0522. The van der Waals surface area contributed by atoms with Crippen molar-refractivity contribution in [1.82, 2.24) is 5.32 Å². The second-order valence-corrected chi connectivity index (χ2v) is 4.02. The Hall–Kier alpha value is -1.03. The summed E-state index contributed by atoms with van der Waals surface area (Å²) in [5.41, 5.74) is -0.485. The van der Waals surface area contributed by atoms with Gasteiger partial charge in [-0.15, -0.1) is 6.58 Å². The third-order valence-corrected chi connectivity index (χ3v) is 1.38. The van der Waals surface area contributed by atoms with E-state index in [4.69, 9.17) is 9.84 Å². The molecule has 0 fully saturated rings. The molecule has 0 unspecified atom stereocenters. The molecule has 0 rings (SSSR count). The van der Waals surface area contributed by atoms with Crippen LogP contribution in [0.1, 0.15) is 27.2 Å². The van der Waals surface area contributed by atoms with Crippen molar-refractivity contribution < 1.29 is 14.6 Å². The number of amides is 1. The van der Waals surface area contributed by atoms with E-state index < -0.39 is 17.8 Å². The van der Waals surface area contributed by atoms with Crippen molar-refractivity contribution in [2.45, 2.75) is 38.9 Å². The number of carbonyl (C=O) groups is 1. The molecule has 0 aromatic rings. The Balaban J connectivity index is 3.60. The van der Waals surface area contributed by atoms with Crippen LogP contribution in [0.3, 0.4) is 0 Å². The zero-order chi connectivity index (χ0) is 11.2. The first-order valence-corrected chi connectivity index (χ1v) is 4.62. The van der Waals surface area contributed by atoms with Crippen LogP contribution >= 0.6 is 0 Å². The Morgan fingerprint density at radius 3 is 2.64 bits per heavy atom. The molecule has 4 heteroatoms. The number of alkyl carbamates (subject to hydrolysis) is 1. The molecule has 0 saturated carbocycles. The van der Waals surface area contributed by atoms with E-state index in [0.717, 1.165) is 0 Å². The lowest BCUT2D eigenvalue weighted by atomic mass is 10.2. The molecule has 0 aliphatic rings. The molecular formula is C10H19NO3. The summed E-state index contributed by atoms with van der Waals surface area (Å²) in [5, 5.41) is 11.6. The highest BCUT2D eigenvalue weighted by Gasteiger charge is 2.15. The molecule has 14 heavy (non-hydrogen) atoms. The largest absolute Gasteiger partial charge is 0.444 e. The minimum Gasteiger partial charge on any atom is -0.444 e. The molecule has 82 valence electrons. The van der Waals surface area contributed by atoms with Gasteiger partial charge >= 0.3 is 6.09 Å². The summed E-state index contributed by atoms with van der Waals surface area (Å²) in [5.74, 6) is 0. The van der Waals surface area contributed by atoms with E-state index >= 15 is 0 Å². The zero-order valence-corrected chi connectivity index (χ0v) is 9.04. The molecule has 2 N–H and O–H groups in total. The molecule has 0 aromatic heterocycles. The average Bonchev–Trinajstić information content (AvgIpc) is 2.00. The molecule has 0 saturated heterocycles. The lowest BCUT2D eigenvalue weighted by Crippen LogP contribution is -2.33. The van der Waals surface area contributed by atoms with E-state index in [2.05, 4.69) is 11.9 Å². The standard InChI is InChI=1S/C10H19NO3/c1-5-8(12)6-7-11-9(13)14-10(2,3)4/h5,8,12H,1,6-7H2,2-4H3,(H,11,13)/t8-/m0/s1. The number of ether oxygens (including phenoxy) is 1. The van der Waals surface area contributed by atoms with Gasteiger partial charge in [0.1, 0.15) is 5.60 Å². The minimum atomic E-state index is -0.579. The first-order chi connectivity index (χ1) is 6.35. The smallest absolute Gasteiger partial charge is 0.407 e. The number of hydrogen-bond acceptors (Lipinski definition) is 3. The van der Waals surface area contributed by atoms with Gasteiger partial charge in [-0.05, 0) is 27.2 Å². The van der Waals surface area contributed by atoms with Crippen molar-refractivity contribution in [3.63, 3.8) is 0 Å². The monoisotopic (exact) mass is 201 g/mol. The van der Waals surface area contributed by atoms with Crippen LogP contribution in [0.5, 0.6) is 0 Å². The first-order valence-electron chi connectivity index (χ1n) is 4.62. The van der Waals surface area contributed by atoms with E-state index in [0.29, 0.717) is 13.0 Å². The molecular weight excluding hydrogens is 182 g/mol. The van der Waals surface area contributed by atoms with Crippen molar-refractivity contribution in [3.05, 3.63) is 12.7 Å². The molecule has 4 nitrogen and oxygen atoms in total. The maximum Gasteiger partial charge on any atom is 0.407 e. The van der Waals surface area contributed by atoms with Crippen molar-refractivity contribution in [2.75, 3.05) is 6.54 Å². The third kappa shape index (κ3) is 7.61. The lowest BCUT2D eigenvalue weighted by Gasteiger charge is -2.19. The molecule has 0 radical (unpaired) electrons. The van der Waals surface area contributed by atoms with Gasteiger partial charge in [0, 0.05) is 6.54 Å². The van der Waals surface area contributed by atoms with Crippen molar-refractivity contribution in [1.29, 1.82) is 0 Å². The Labute approximate surface area is 85.0 Å². The highest BCUT2D eigenvalue weighted by Crippen LogP contribution is 2.06. The second-order valence-electron chi connectivity index (χ2n) is 4.02. The molecule has 1 atom stereocenters. The highest BCUT2D eigenvalue weighted by molar-refractivity contribution is 5.67. The molecule has 0 aliphatic heterocycles. The normalized spacial score (nSPS) is 13.1. The van der Waals surface area contributed by atoms with Crippen LogP contribution in [0.2, 0.25) is 0 Å². The summed E-state index contributed by atoms with van der Waals surface area (Å²) in [6.07, 6.45) is 0.832. The maximum atomic E-state index is 11.1. The maximum absolute atomic E-state index is 11.1. The van der Waals surface area contributed by atoms with E-state index in [9.17, 15) is 4.79 Å². The summed E-state index contributed by atoms with van der Waals surface area (Å²) in [6.45, 7) is 9.19. The van der Waals surface area contributed by atoms with Crippen molar-refractivity contribution in [2.24, 2.45) is 0 Å². The van der Waals surface area contributed by atoms with Crippen LogP contribution in [0.4, 0.5) is 4.79 Å². The van der Waals surface area contributed by atoms with Gasteiger partial charge in [0.15, 0.2) is 0 Å². The molecule has 0 aromatic carbocycles. The topological polar surface area (TPSA) is 58.6 Å². The van der Waals surface area contributed by atoms with E-state index in [1.807, 2.05) is 0 Å². The summed E-state index contributed by atoms with van der Waals surface area (Å²) in [4.78, 5) is 11.1.